The summed E-state index contributed by atoms with van der Waals surface area (Å²) >= 11 is 0. The van der Waals surface area contributed by atoms with Crippen LogP contribution in [-0.2, 0) is 15.8 Å². The second kappa shape index (κ2) is 9.68. The number of carbonyl (C=O) groups is 2. The molecule has 166 valence electrons. The number of piperazine rings is 1. The molecular weight excluding hydrogens is 397 g/mol. The fraction of sp³-hybridized carbons (Fsp3) is 0.619. The molecule has 2 aliphatic heterocycles. The van der Waals surface area contributed by atoms with E-state index in [0.29, 0.717) is 38.3 Å². The number of hydrogen-bond acceptors (Lipinski definition) is 4. The Morgan fingerprint density at radius 1 is 1.13 bits per heavy atom. The monoisotopic (exact) mass is 426 g/mol. The molecule has 2 heterocycles. The van der Waals surface area contributed by atoms with Crippen LogP contribution in [-0.4, -0.2) is 73.5 Å². The lowest BCUT2D eigenvalue weighted by Gasteiger charge is -2.44. The first-order valence-corrected chi connectivity index (χ1v) is 10.4. The summed E-state index contributed by atoms with van der Waals surface area (Å²) in [4.78, 5) is 29.6. The van der Waals surface area contributed by atoms with Crippen LogP contribution in [0.1, 0.15) is 31.7 Å². The van der Waals surface area contributed by atoms with E-state index in [-0.39, 0.29) is 17.9 Å². The minimum Gasteiger partial charge on any atom is -0.369 e. The number of rotatable bonds is 5. The third-order valence-electron chi connectivity index (χ3n) is 5.83. The Morgan fingerprint density at radius 2 is 1.87 bits per heavy atom. The molecule has 0 aromatic heterocycles. The number of amides is 2. The van der Waals surface area contributed by atoms with Crippen molar-refractivity contribution in [2.75, 3.05) is 50.7 Å². The summed E-state index contributed by atoms with van der Waals surface area (Å²) in [5.74, 6) is -0.0889. The number of hydrogen-bond donors (Lipinski definition) is 1. The van der Waals surface area contributed by atoms with Crippen molar-refractivity contribution < 1.29 is 22.8 Å². The largest absolute Gasteiger partial charge is 0.416 e. The molecular formula is C21H29F3N4O2. The number of benzene rings is 1. The van der Waals surface area contributed by atoms with Gasteiger partial charge >= 0.3 is 6.18 Å². The number of carbonyl (C=O) groups excluding carboxylic acids is 2. The summed E-state index contributed by atoms with van der Waals surface area (Å²) < 4.78 is 38.9. The van der Waals surface area contributed by atoms with E-state index < -0.39 is 11.7 Å². The van der Waals surface area contributed by atoms with Gasteiger partial charge in [0, 0.05) is 70.9 Å². The van der Waals surface area contributed by atoms with Gasteiger partial charge in [0.15, 0.2) is 0 Å². The first kappa shape index (κ1) is 22.4. The third kappa shape index (κ3) is 5.87. The second-order valence-electron chi connectivity index (χ2n) is 7.94. The lowest BCUT2D eigenvalue weighted by atomic mass is 10.0. The maximum Gasteiger partial charge on any atom is 0.416 e. The van der Waals surface area contributed by atoms with Crippen LogP contribution in [0.2, 0.25) is 0 Å². The Balaban J connectivity index is 1.51. The highest BCUT2D eigenvalue weighted by Gasteiger charge is 2.32. The zero-order valence-corrected chi connectivity index (χ0v) is 17.2. The summed E-state index contributed by atoms with van der Waals surface area (Å²) in [6, 6.07) is 5.76. The molecule has 2 saturated heterocycles. The van der Waals surface area contributed by atoms with Gasteiger partial charge in [-0.25, -0.2) is 0 Å². The highest BCUT2D eigenvalue weighted by atomic mass is 19.4. The predicted molar refractivity (Wildman–Crippen MR) is 108 cm³/mol. The normalized spacial score (nSPS) is 20.9. The van der Waals surface area contributed by atoms with Crippen LogP contribution in [0.5, 0.6) is 0 Å². The zero-order chi connectivity index (χ0) is 21.7. The molecule has 6 nitrogen and oxygen atoms in total. The average molecular weight is 426 g/mol. The van der Waals surface area contributed by atoms with Gasteiger partial charge in [-0.3, -0.25) is 14.5 Å². The van der Waals surface area contributed by atoms with Crippen LogP contribution < -0.4 is 10.2 Å². The van der Waals surface area contributed by atoms with Gasteiger partial charge in [0.2, 0.25) is 11.8 Å². The maximum atomic E-state index is 13.0. The first-order valence-electron chi connectivity index (χ1n) is 10.4. The Morgan fingerprint density at radius 3 is 2.53 bits per heavy atom. The van der Waals surface area contributed by atoms with E-state index in [1.807, 2.05) is 9.80 Å². The molecule has 2 fully saturated rings. The minimum absolute atomic E-state index is 0.0519. The van der Waals surface area contributed by atoms with E-state index in [9.17, 15) is 22.8 Å². The zero-order valence-electron chi connectivity index (χ0n) is 17.2. The van der Waals surface area contributed by atoms with Crippen molar-refractivity contribution in [3.63, 3.8) is 0 Å². The van der Waals surface area contributed by atoms with Crippen LogP contribution >= 0.6 is 0 Å². The Labute approximate surface area is 175 Å². The Hall–Kier alpha value is -2.29. The van der Waals surface area contributed by atoms with Crippen molar-refractivity contribution in [1.29, 1.82) is 0 Å². The van der Waals surface area contributed by atoms with Crippen LogP contribution in [0.15, 0.2) is 24.3 Å². The summed E-state index contributed by atoms with van der Waals surface area (Å²) in [6.07, 6.45) is -2.09. The van der Waals surface area contributed by atoms with Crippen molar-refractivity contribution >= 4 is 17.5 Å². The van der Waals surface area contributed by atoms with Crippen LogP contribution in [0.25, 0.3) is 0 Å². The standard InChI is InChI=1S/C21H29F3N4O2/c1-16(29)25-8-7-20(30)28-9-3-6-19(15-28)27-12-10-26(11-13-27)18-5-2-4-17(14-18)21(22,23)24/h2,4-5,14,19H,3,6-13,15H2,1H3,(H,25,29)/t19-/m1/s1. The van der Waals surface area contributed by atoms with Gasteiger partial charge in [-0.2, -0.15) is 13.2 Å². The van der Waals surface area contributed by atoms with E-state index in [1.54, 1.807) is 6.07 Å². The van der Waals surface area contributed by atoms with Crippen LogP contribution in [0, 0.1) is 0 Å². The Kier molecular flexibility index (Phi) is 7.23. The third-order valence-corrected chi connectivity index (χ3v) is 5.83. The molecule has 0 unspecified atom stereocenters. The topological polar surface area (TPSA) is 55.9 Å². The lowest BCUT2D eigenvalue weighted by molar-refractivity contribution is -0.137. The van der Waals surface area contributed by atoms with Crippen molar-refractivity contribution in [2.24, 2.45) is 0 Å². The molecule has 0 aliphatic carbocycles. The number of piperidine rings is 1. The van der Waals surface area contributed by atoms with E-state index in [4.69, 9.17) is 0 Å². The number of likely N-dealkylation sites (tertiary alicyclic amines) is 1. The molecule has 9 heteroatoms. The Bertz CT molecular complexity index is 748. The fourth-order valence-electron chi connectivity index (χ4n) is 4.21. The number of nitrogens with one attached hydrogen (secondary N) is 1. The smallest absolute Gasteiger partial charge is 0.369 e. The second-order valence-corrected chi connectivity index (χ2v) is 7.94. The van der Waals surface area contributed by atoms with Gasteiger partial charge in [-0.1, -0.05) is 6.07 Å². The van der Waals surface area contributed by atoms with E-state index >= 15 is 0 Å². The highest BCUT2D eigenvalue weighted by molar-refractivity contribution is 5.78. The molecule has 0 spiro atoms. The maximum absolute atomic E-state index is 13.0. The predicted octanol–water partition coefficient (Wildman–Crippen LogP) is 2.34. The first-order chi connectivity index (χ1) is 14.2. The molecule has 0 radical (unpaired) electrons. The van der Waals surface area contributed by atoms with Gasteiger partial charge in [-0.05, 0) is 31.0 Å². The summed E-state index contributed by atoms with van der Waals surface area (Å²) in [6.45, 7) is 6.03. The van der Waals surface area contributed by atoms with Gasteiger partial charge in [-0.15, -0.1) is 0 Å². The van der Waals surface area contributed by atoms with Gasteiger partial charge in [0.05, 0.1) is 5.56 Å². The number of alkyl halides is 3. The molecule has 1 atom stereocenters. The molecule has 1 N–H and O–H groups in total. The van der Waals surface area contributed by atoms with Crippen molar-refractivity contribution in [3.8, 4) is 0 Å². The van der Waals surface area contributed by atoms with Crippen molar-refractivity contribution in [3.05, 3.63) is 29.8 Å². The molecule has 0 bridgehead atoms. The highest BCUT2D eigenvalue weighted by Crippen LogP contribution is 2.32. The van der Waals surface area contributed by atoms with Crippen LogP contribution in [0.3, 0.4) is 0 Å². The van der Waals surface area contributed by atoms with Gasteiger partial charge < -0.3 is 15.1 Å². The molecule has 2 aliphatic rings. The van der Waals surface area contributed by atoms with Crippen molar-refractivity contribution in [1.82, 2.24) is 15.1 Å². The number of halogens is 3. The molecule has 1 aromatic rings. The molecule has 0 saturated carbocycles. The fourth-order valence-corrected chi connectivity index (χ4v) is 4.21. The van der Waals surface area contributed by atoms with Crippen LogP contribution in [0.4, 0.5) is 18.9 Å². The molecule has 30 heavy (non-hydrogen) atoms. The summed E-state index contributed by atoms with van der Waals surface area (Å²) in [7, 11) is 0. The molecule has 3 rings (SSSR count). The van der Waals surface area contributed by atoms with E-state index in [1.165, 1.54) is 19.1 Å². The minimum atomic E-state index is -4.34. The van der Waals surface area contributed by atoms with E-state index in [2.05, 4.69) is 10.2 Å². The quantitative estimate of drug-likeness (QED) is 0.786. The summed E-state index contributed by atoms with van der Waals surface area (Å²) in [5.41, 5.74) is -0.0222. The number of nitrogens with zero attached hydrogens (tertiary/aromatic N) is 3. The van der Waals surface area contributed by atoms with Gasteiger partial charge in [0.1, 0.15) is 0 Å². The molecule has 2 amide bonds. The number of anilines is 1. The lowest BCUT2D eigenvalue weighted by Crippen LogP contribution is -2.56. The SMILES string of the molecule is CC(=O)NCCC(=O)N1CCC[C@@H](N2CCN(c3cccc(C(F)(F)F)c3)CC2)C1. The van der Waals surface area contributed by atoms with E-state index in [0.717, 1.165) is 38.5 Å². The molecule has 1 aromatic carbocycles. The van der Waals surface area contributed by atoms with Gasteiger partial charge in [0.25, 0.3) is 0 Å². The summed E-state index contributed by atoms with van der Waals surface area (Å²) in [5, 5.41) is 2.65. The average Bonchev–Trinajstić information content (AvgIpc) is 2.73. The van der Waals surface area contributed by atoms with Crippen molar-refractivity contribution in [2.45, 2.75) is 38.4 Å².